The van der Waals surface area contributed by atoms with Gasteiger partial charge in [-0.1, -0.05) is 47.7 Å². The smallest absolute Gasteiger partial charge is 0.278 e. The van der Waals surface area contributed by atoms with E-state index < -0.39 is 29.5 Å². The van der Waals surface area contributed by atoms with Crippen LogP contribution in [0.4, 0.5) is 0 Å². The van der Waals surface area contributed by atoms with E-state index in [0.717, 1.165) is 4.68 Å². The minimum absolute atomic E-state index is 0.288. The molecule has 3 aromatic rings. The van der Waals surface area contributed by atoms with Crippen molar-refractivity contribution < 1.29 is 14.7 Å². The predicted molar refractivity (Wildman–Crippen MR) is 98.1 cm³/mol. The highest BCUT2D eigenvalue weighted by Gasteiger charge is 2.36. The number of carbonyl (C=O) groups is 2. The van der Waals surface area contributed by atoms with E-state index in [9.17, 15) is 19.5 Å². The molecule has 8 nitrogen and oxygen atoms in total. The molecule has 1 amide bonds. The van der Waals surface area contributed by atoms with Crippen molar-refractivity contribution in [2.75, 3.05) is 6.54 Å². The average Bonchev–Trinajstić information content (AvgIpc) is 3.21. The highest BCUT2D eigenvalue weighted by Crippen LogP contribution is 2.25. The van der Waals surface area contributed by atoms with Gasteiger partial charge in [0.2, 0.25) is 0 Å². The molecule has 1 aromatic heterocycles. The number of benzene rings is 2. The Hall–Kier alpha value is -3.55. The molecule has 0 saturated carbocycles. The van der Waals surface area contributed by atoms with Crippen LogP contribution in [-0.4, -0.2) is 44.4 Å². The van der Waals surface area contributed by atoms with Gasteiger partial charge in [-0.2, -0.15) is 4.68 Å². The van der Waals surface area contributed by atoms with Crippen LogP contribution in [0, 0.1) is 0 Å². The second kappa shape index (κ2) is 7.22. The van der Waals surface area contributed by atoms with Crippen molar-refractivity contribution in [3.05, 3.63) is 70.5 Å². The first-order chi connectivity index (χ1) is 13.6. The van der Waals surface area contributed by atoms with Crippen molar-refractivity contribution in [1.82, 2.24) is 19.9 Å². The fourth-order valence-electron chi connectivity index (χ4n) is 3.63. The minimum atomic E-state index is -1.30. The minimum Gasteiger partial charge on any atom is -0.548 e. The van der Waals surface area contributed by atoms with Gasteiger partial charge in [-0.15, -0.1) is 5.10 Å². The third kappa shape index (κ3) is 3.02. The van der Waals surface area contributed by atoms with E-state index in [1.165, 1.54) is 4.90 Å². The molecule has 0 radical (unpaired) electrons. The summed E-state index contributed by atoms with van der Waals surface area (Å²) in [5, 5.41) is 19.8. The van der Waals surface area contributed by atoms with Gasteiger partial charge in [0.05, 0.1) is 17.4 Å². The quantitative estimate of drug-likeness (QED) is 0.639. The molecular weight excluding hydrogens is 360 g/mol. The first-order valence-corrected chi connectivity index (χ1v) is 8.98. The van der Waals surface area contributed by atoms with E-state index >= 15 is 0 Å². The van der Waals surface area contributed by atoms with Gasteiger partial charge in [0.15, 0.2) is 6.04 Å². The Morgan fingerprint density at radius 1 is 1.07 bits per heavy atom. The Bertz CT molecular complexity index is 1100. The standard InChI is InChI=1S/C20H18N4O4/c25-18-14-9-4-5-10-15(14)21-22-24(18)17(13-7-2-1-3-8-13)19(26)23-12-6-11-16(23)20(27)28/h1-5,7-10,16-17H,6,11-12H2,(H,27,28)/p-1/t16-,17+/m1/s1. The van der Waals surface area contributed by atoms with Crippen molar-refractivity contribution in [1.29, 1.82) is 0 Å². The van der Waals surface area contributed by atoms with Crippen LogP contribution in [0.2, 0.25) is 0 Å². The van der Waals surface area contributed by atoms with Crippen LogP contribution in [0.5, 0.6) is 0 Å². The second-order valence-corrected chi connectivity index (χ2v) is 6.68. The van der Waals surface area contributed by atoms with E-state index in [0.29, 0.717) is 29.3 Å². The van der Waals surface area contributed by atoms with Crippen LogP contribution < -0.4 is 10.7 Å². The van der Waals surface area contributed by atoms with Crippen molar-refractivity contribution in [3.8, 4) is 0 Å². The highest BCUT2D eigenvalue weighted by molar-refractivity contribution is 5.88. The van der Waals surface area contributed by atoms with Crippen molar-refractivity contribution in [2.45, 2.75) is 24.9 Å². The number of hydrogen-bond acceptors (Lipinski definition) is 6. The molecular formula is C20H17N4O4-. The van der Waals surface area contributed by atoms with E-state index in [1.807, 2.05) is 0 Å². The number of nitrogens with zero attached hydrogens (tertiary/aromatic N) is 4. The maximum atomic E-state index is 13.4. The number of amides is 1. The summed E-state index contributed by atoms with van der Waals surface area (Å²) in [6, 6.07) is 13.3. The largest absolute Gasteiger partial charge is 0.548 e. The van der Waals surface area contributed by atoms with Crippen molar-refractivity contribution in [2.24, 2.45) is 0 Å². The average molecular weight is 377 g/mol. The van der Waals surface area contributed by atoms with Gasteiger partial charge in [0.1, 0.15) is 5.52 Å². The molecule has 1 aliphatic heterocycles. The molecule has 2 heterocycles. The first-order valence-electron chi connectivity index (χ1n) is 8.98. The van der Waals surface area contributed by atoms with E-state index in [-0.39, 0.29) is 6.54 Å². The van der Waals surface area contributed by atoms with Crippen LogP contribution >= 0.6 is 0 Å². The van der Waals surface area contributed by atoms with E-state index in [4.69, 9.17) is 0 Å². The summed E-state index contributed by atoms with van der Waals surface area (Å²) in [5.41, 5.74) is 0.497. The molecule has 0 bridgehead atoms. The Kier molecular flexibility index (Phi) is 4.60. The lowest BCUT2D eigenvalue weighted by Crippen LogP contribution is -2.50. The molecule has 1 saturated heterocycles. The van der Waals surface area contributed by atoms with Crippen LogP contribution in [0.3, 0.4) is 0 Å². The molecule has 2 atom stereocenters. The van der Waals surface area contributed by atoms with Crippen molar-refractivity contribution >= 4 is 22.8 Å². The number of carboxylic acids is 1. The summed E-state index contributed by atoms with van der Waals surface area (Å²) in [6.07, 6.45) is 0.887. The van der Waals surface area contributed by atoms with Gasteiger partial charge in [-0.05, 0) is 30.5 Å². The van der Waals surface area contributed by atoms with E-state index in [1.54, 1.807) is 54.6 Å². The molecule has 8 heteroatoms. The van der Waals surface area contributed by atoms with Crippen molar-refractivity contribution in [3.63, 3.8) is 0 Å². The van der Waals surface area contributed by atoms with Gasteiger partial charge in [-0.25, -0.2) is 0 Å². The fourth-order valence-corrected chi connectivity index (χ4v) is 3.63. The molecule has 142 valence electrons. The number of carbonyl (C=O) groups excluding carboxylic acids is 2. The van der Waals surface area contributed by atoms with Crippen LogP contribution in [0.1, 0.15) is 24.4 Å². The third-order valence-corrected chi connectivity index (χ3v) is 4.99. The second-order valence-electron chi connectivity index (χ2n) is 6.68. The lowest BCUT2D eigenvalue weighted by molar-refractivity contribution is -0.310. The monoisotopic (exact) mass is 377 g/mol. The molecule has 2 aromatic carbocycles. The number of rotatable bonds is 4. The van der Waals surface area contributed by atoms with E-state index in [2.05, 4.69) is 10.3 Å². The summed E-state index contributed by atoms with van der Waals surface area (Å²) in [4.78, 5) is 39.1. The first kappa shape index (κ1) is 17.8. The highest BCUT2D eigenvalue weighted by atomic mass is 16.4. The number of aromatic nitrogens is 3. The van der Waals surface area contributed by atoms with Crippen LogP contribution in [0.15, 0.2) is 59.4 Å². The normalized spacial score (nSPS) is 17.6. The number of likely N-dealkylation sites (tertiary alicyclic amines) is 1. The fraction of sp³-hybridized carbons (Fsp3) is 0.250. The Balaban J connectivity index is 1.86. The number of carboxylic acid groups (broad SMARTS) is 1. The molecule has 4 rings (SSSR count). The summed E-state index contributed by atoms with van der Waals surface area (Å²) >= 11 is 0. The molecule has 28 heavy (non-hydrogen) atoms. The van der Waals surface area contributed by atoms with Crippen LogP contribution in [0.25, 0.3) is 10.9 Å². The Morgan fingerprint density at radius 3 is 2.54 bits per heavy atom. The number of aliphatic carboxylic acids is 1. The molecule has 1 fully saturated rings. The molecule has 0 unspecified atom stereocenters. The zero-order valence-electron chi connectivity index (χ0n) is 14.9. The lowest BCUT2D eigenvalue weighted by Gasteiger charge is -2.29. The SMILES string of the molecule is O=C([O-])[C@H]1CCCN1C(=O)[C@H](c1ccccc1)n1nnc2ccccc2c1=O. The maximum Gasteiger partial charge on any atom is 0.278 e. The van der Waals surface area contributed by atoms with Gasteiger partial charge < -0.3 is 14.8 Å². The topological polar surface area (TPSA) is 108 Å². The lowest BCUT2D eigenvalue weighted by atomic mass is 10.0. The third-order valence-electron chi connectivity index (χ3n) is 4.99. The predicted octanol–water partition coefficient (Wildman–Crippen LogP) is 0.122. The Labute approximate surface area is 160 Å². The summed E-state index contributed by atoms with van der Waals surface area (Å²) in [6.45, 7) is 0.288. The summed E-state index contributed by atoms with van der Waals surface area (Å²) in [5.74, 6) is -1.81. The number of fused-ring (bicyclic) bond motifs is 1. The molecule has 0 N–H and O–H groups in total. The van der Waals surface area contributed by atoms with Gasteiger partial charge in [0.25, 0.3) is 11.5 Å². The number of hydrogen-bond donors (Lipinski definition) is 0. The molecule has 0 spiro atoms. The zero-order valence-corrected chi connectivity index (χ0v) is 14.9. The Morgan fingerprint density at radius 2 is 1.79 bits per heavy atom. The maximum absolute atomic E-state index is 13.4. The van der Waals surface area contributed by atoms with Crippen LogP contribution in [-0.2, 0) is 9.59 Å². The van der Waals surface area contributed by atoms with Gasteiger partial charge >= 0.3 is 0 Å². The molecule has 1 aliphatic rings. The van der Waals surface area contributed by atoms with Gasteiger partial charge in [0, 0.05) is 6.54 Å². The summed E-state index contributed by atoms with van der Waals surface area (Å²) in [7, 11) is 0. The van der Waals surface area contributed by atoms with Gasteiger partial charge in [-0.3, -0.25) is 9.59 Å². The summed E-state index contributed by atoms with van der Waals surface area (Å²) < 4.78 is 1.03. The molecule has 0 aliphatic carbocycles. The zero-order chi connectivity index (χ0) is 19.7.